The number of hydrogen-bond acceptors (Lipinski definition) is 10. The summed E-state index contributed by atoms with van der Waals surface area (Å²) in [5.74, 6) is -1.26. The fraction of sp³-hybridized carbons (Fsp3) is 0.400. The van der Waals surface area contributed by atoms with Crippen LogP contribution in [-0.4, -0.2) is 45.0 Å². The minimum absolute atomic E-state index is 0.0408. The van der Waals surface area contributed by atoms with Crippen molar-refractivity contribution in [1.29, 1.82) is 0 Å². The van der Waals surface area contributed by atoms with Gasteiger partial charge in [-0.2, -0.15) is 0 Å². The van der Waals surface area contributed by atoms with Gasteiger partial charge in [0.1, 0.15) is 10.5 Å². The first-order chi connectivity index (χ1) is 20.0. The largest absolute Gasteiger partial charge is 0.453 e. The molecule has 12 heteroatoms. The van der Waals surface area contributed by atoms with E-state index in [2.05, 4.69) is 37.5 Å². The second-order valence-corrected chi connectivity index (χ2v) is 12.0. The molecule has 0 radical (unpaired) electrons. The molecule has 1 unspecified atom stereocenters. The molecule has 1 aliphatic heterocycles. The number of ether oxygens (including phenoxy) is 2. The second kappa shape index (κ2) is 11.6. The maximum absolute atomic E-state index is 12.3. The highest BCUT2D eigenvalue weighted by molar-refractivity contribution is 7.26. The number of nitro benzene ring substituents is 1. The van der Waals surface area contributed by atoms with E-state index in [0.29, 0.717) is 19.6 Å². The van der Waals surface area contributed by atoms with Gasteiger partial charge in [0.15, 0.2) is 6.10 Å². The molecule has 11 nitrogen and oxygen atoms in total. The van der Waals surface area contributed by atoms with Gasteiger partial charge >= 0.3 is 5.97 Å². The zero-order valence-corrected chi connectivity index (χ0v) is 25.0. The normalized spacial score (nSPS) is 14.8. The van der Waals surface area contributed by atoms with Crippen molar-refractivity contribution in [1.82, 2.24) is 9.97 Å². The maximum atomic E-state index is 12.3. The Hall–Kier alpha value is -4.16. The molecule has 1 amide bonds. The number of amides is 1. The number of carbonyl (C=O) groups excluding carboxylic acids is 2. The highest BCUT2D eigenvalue weighted by Gasteiger charge is 2.28. The first-order valence-electron chi connectivity index (χ1n) is 13.8. The topological polar surface area (TPSA) is 146 Å². The van der Waals surface area contributed by atoms with Crippen molar-refractivity contribution in [2.75, 3.05) is 17.2 Å². The van der Waals surface area contributed by atoms with Crippen LogP contribution in [0.25, 0.3) is 20.4 Å². The molecule has 0 bridgehead atoms. The van der Waals surface area contributed by atoms with Gasteiger partial charge in [0.05, 0.1) is 38.7 Å². The van der Waals surface area contributed by atoms with Gasteiger partial charge in [-0.05, 0) is 56.9 Å². The van der Waals surface area contributed by atoms with E-state index >= 15 is 0 Å². The summed E-state index contributed by atoms with van der Waals surface area (Å²) in [6.07, 6.45) is 2.87. The Morgan fingerprint density at radius 2 is 2.07 bits per heavy atom. The van der Waals surface area contributed by atoms with Gasteiger partial charge in [-0.25, -0.2) is 4.98 Å². The van der Waals surface area contributed by atoms with E-state index < -0.39 is 22.9 Å². The molecular formula is C30H33N5O6S. The minimum atomic E-state index is -1.08. The van der Waals surface area contributed by atoms with Gasteiger partial charge in [-0.1, -0.05) is 13.0 Å². The summed E-state index contributed by atoms with van der Waals surface area (Å²) in [5, 5.41) is 18.8. The third kappa shape index (κ3) is 6.04. The average Bonchev–Trinajstić information content (AvgIpc) is 3.29. The molecule has 1 atom stereocenters. The molecule has 4 heterocycles. The number of esters is 1. The summed E-state index contributed by atoms with van der Waals surface area (Å²) in [4.78, 5) is 45.5. The van der Waals surface area contributed by atoms with E-state index in [1.54, 1.807) is 17.4 Å². The van der Waals surface area contributed by atoms with Crippen LogP contribution < -0.4 is 10.6 Å². The Labute approximate surface area is 246 Å². The molecule has 220 valence electrons. The molecule has 42 heavy (non-hydrogen) atoms. The number of nitrogens with zero attached hydrogens (tertiary/aromatic N) is 3. The zero-order valence-electron chi connectivity index (χ0n) is 24.2. The number of fused-ring (bicyclic) bond motifs is 4. The zero-order chi connectivity index (χ0) is 30.2. The minimum Gasteiger partial charge on any atom is -0.453 e. The predicted molar refractivity (Wildman–Crippen MR) is 162 cm³/mol. The quantitative estimate of drug-likeness (QED) is 0.142. The molecule has 0 spiro atoms. The van der Waals surface area contributed by atoms with Crippen LogP contribution in [0.5, 0.6) is 0 Å². The fourth-order valence-electron chi connectivity index (χ4n) is 5.06. The number of hydrogen-bond donors (Lipinski definition) is 2. The number of anilines is 2. The summed E-state index contributed by atoms with van der Waals surface area (Å²) >= 11 is 1.62. The van der Waals surface area contributed by atoms with E-state index in [1.165, 1.54) is 26.0 Å². The van der Waals surface area contributed by atoms with Crippen LogP contribution in [0, 0.1) is 10.1 Å². The number of aryl methyl sites for hydroxylation is 1. The molecule has 0 saturated carbocycles. The molecule has 1 aliphatic rings. The molecular weight excluding hydrogens is 558 g/mol. The Morgan fingerprint density at radius 3 is 2.79 bits per heavy atom. The summed E-state index contributed by atoms with van der Waals surface area (Å²) in [6, 6.07) is 6.84. The van der Waals surface area contributed by atoms with E-state index in [9.17, 15) is 19.7 Å². The van der Waals surface area contributed by atoms with Gasteiger partial charge in [-0.3, -0.25) is 24.7 Å². The Bertz CT molecular complexity index is 1720. The number of nitrogens with one attached hydrogen (secondary N) is 2. The first-order valence-corrected chi connectivity index (χ1v) is 14.6. The van der Waals surface area contributed by atoms with Crippen LogP contribution in [0.2, 0.25) is 0 Å². The Morgan fingerprint density at radius 1 is 1.29 bits per heavy atom. The van der Waals surface area contributed by atoms with Crippen LogP contribution in [0.3, 0.4) is 0 Å². The summed E-state index contributed by atoms with van der Waals surface area (Å²) < 4.78 is 11.9. The highest BCUT2D eigenvalue weighted by Crippen LogP contribution is 2.40. The van der Waals surface area contributed by atoms with Gasteiger partial charge in [0, 0.05) is 43.1 Å². The second-order valence-electron chi connectivity index (χ2n) is 11.0. The summed E-state index contributed by atoms with van der Waals surface area (Å²) in [6.45, 7) is 9.88. The highest BCUT2D eigenvalue weighted by atomic mass is 32.1. The molecule has 4 aromatic rings. The fourth-order valence-corrected chi connectivity index (χ4v) is 6.24. The molecule has 2 N–H and O–H groups in total. The summed E-state index contributed by atoms with van der Waals surface area (Å²) in [7, 11) is 0. The third-order valence-corrected chi connectivity index (χ3v) is 8.37. The van der Waals surface area contributed by atoms with Gasteiger partial charge < -0.3 is 20.1 Å². The Kier molecular flexibility index (Phi) is 8.11. The van der Waals surface area contributed by atoms with E-state index in [-0.39, 0.29) is 17.0 Å². The van der Waals surface area contributed by atoms with Crippen LogP contribution in [-0.2, 0) is 44.9 Å². The molecule has 5 rings (SSSR count). The van der Waals surface area contributed by atoms with Crippen molar-refractivity contribution in [3.8, 4) is 0 Å². The lowest BCUT2D eigenvalue weighted by Crippen LogP contribution is -2.32. The van der Waals surface area contributed by atoms with Crippen molar-refractivity contribution in [2.24, 2.45) is 0 Å². The molecule has 0 fully saturated rings. The number of aromatic nitrogens is 2. The monoisotopic (exact) mass is 591 g/mol. The SMILES string of the molecule is CCc1cnc2c(sc3nc4c(cc32)COC(C)(C)C4)c1NCCc1ccc(NC(=O)C(C)OC(C)=O)c([N+](=O)[O-])c1. The number of rotatable bonds is 9. The third-order valence-electron chi connectivity index (χ3n) is 7.26. The number of thiophene rings is 1. The maximum Gasteiger partial charge on any atom is 0.303 e. The average molecular weight is 592 g/mol. The standard InChI is InChI=1S/C30H33N5O6S/c1-6-19-14-32-26-21-12-20-15-40-30(4,5)13-23(20)34-29(21)42-27(26)25(19)31-10-9-18-7-8-22(24(11-18)35(38)39)33-28(37)16(2)41-17(3)36/h7-8,11-12,14,16H,6,9-10,13,15H2,1-5H3,(H,31,32)(H,33,37). The predicted octanol–water partition coefficient (Wildman–Crippen LogP) is 5.71. The molecule has 0 saturated heterocycles. The molecule has 0 aliphatic carbocycles. The number of benzene rings is 1. The van der Waals surface area contributed by atoms with E-state index in [4.69, 9.17) is 19.4 Å². The van der Waals surface area contributed by atoms with Crippen molar-refractivity contribution in [3.05, 3.63) is 63.0 Å². The van der Waals surface area contributed by atoms with Crippen LogP contribution >= 0.6 is 11.3 Å². The van der Waals surface area contributed by atoms with Gasteiger partial charge in [0.2, 0.25) is 0 Å². The van der Waals surface area contributed by atoms with Crippen LogP contribution in [0.1, 0.15) is 57.0 Å². The Balaban J connectivity index is 1.37. The summed E-state index contributed by atoms with van der Waals surface area (Å²) in [5.41, 5.74) is 5.43. The van der Waals surface area contributed by atoms with Gasteiger partial charge in [-0.15, -0.1) is 11.3 Å². The lowest BCUT2D eigenvalue weighted by Gasteiger charge is -2.30. The van der Waals surface area contributed by atoms with Crippen molar-refractivity contribution < 1.29 is 24.0 Å². The van der Waals surface area contributed by atoms with Crippen molar-refractivity contribution in [2.45, 2.75) is 72.2 Å². The number of pyridine rings is 2. The van der Waals surface area contributed by atoms with E-state index in [1.807, 2.05) is 6.20 Å². The first kappa shape index (κ1) is 29.3. The lowest BCUT2D eigenvalue weighted by atomic mass is 9.95. The van der Waals surface area contributed by atoms with Crippen LogP contribution in [0.4, 0.5) is 17.1 Å². The van der Waals surface area contributed by atoms with Crippen LogP contribution in [0.15, 0.2) is 30.5 Å². The van der Waals surface area contributed by atoms with Crippen molar-refractivity contribution in [3.63, 3.8) is 0 Å². The smallest absolute Gasteiger partial charge is 0.303 e. The van der Waals surface area contributed by atoms with E-state index in [0.717, 1.165) is 61.3 Å². The lowest BCUT2D eigenvalue weighted by molar-refractivity contribution is -0.384. The molecule has 3 aromatic heterocycles. The number of nitro groups is 1. The van der Waals surface area contributed by atoms with Crippen molar-refractivity contribution >= 4 is 60.7 Å². The number of carbonyl (C=O) groups is 2. The van der Waals surface area contributed by atoms with Gasteiger partial charge in [0.25, 0.3) is 11.6 Å². The molecule has 1 aromatic carbocycles.